The normalized spacial score (nSPS) is 22.5. The summed E-state index contributed by atoms with van der Waals surface area (Å²) in [6.07, 6.45) is 17.0. The third kappa shape index (κ3) is 4.06. The molecule has 0 atom stereocenters. The molecule has 1 aromatic rings. The van der Waals surface area contributed by atoms with Crippen LogP contribution in [-0.2, 0) is 4.79 Å². The number of allylic oxidation sites excluding steroid dienone is 2. The molecule has 4 aliphatic rings. The lowest BCUT2D eigenvalue weighted by atomic mass is 9.82. The zero-order chi connectivity index (χ0) is 20.3. The van der Waals surface area contributed by atoms with Gasteiger partial charge >= 0.3 is 0 Å². The topological polar surface area (TPSA) is 44.7 Å². The smallest absolute Gasteiger partial charge is 0.265 e. The van der Waals surface area contributed by atoms with Gasteiger partial charge in [-0.1, -0.05) is 56.0 Å². The Morgan fingerprint density at radius 1 is 0.967 bits per heavy atom. The lowest BCUT2D eigenvalue weighted by Gasteiger charge is -2.27. The van der Waals surface area contributed by atoms with Crippen molar-refractivity contribution in [2.24, 2.45) is 10.9 Å². The highest BCUT2D eigenvalue weighted by Crippen LogP contribution is 2.35. The second-order valence-corrected chi connectivity index (χ2v) is 8.97. The number of benzene rings is 1. The summed E-state index contributed by atoms with van der Waals surface area (Å²) >= 11 is 0. The zero-order valence-electron chi connectivity index (χ0n) is 17.7. The molecule has 30 heavy (non-hydrogen) atoms. The number of nitrogens with zero attached hydrogens (tertiary/aromatic N) is 2. The number of piperidine rings is 1. The number of carbonyl (C=O) groups is 1. The van der Waals surface area contributed by atoms with Crippen molar-refractivity contribution < 1.29 is 4.79 Å². The van der Waals surface area contributed by atoms with Crippen LogP contribution in [0.3, 0.4) is 0 Å². The number of hydrogen-bond acceptors (Lipinski definition) is 3. The van der Waals surface area contributed by atoms with Gasteiger partial charge in [0.15, 0.2) is 0 Å². The summed E-state index contributed by atoms with van der Waals surface area (Å²) < 4.78 is 0. The van der Waals surface area contributed by atoms with E-state index >= 15 is 0 Å². The minimum Gasteiger partial charge on any atom is -0.285 e. The first-order valence-corrected chi connectivity index (χ1v) is 11.6. The molecular formula is C26H31N3O. The monoisotopic (exact) mass is 401 g/mol. The van der Waals surface area contributed by atoms with Crippen molar-refractivity contribution in [1.29, 1.82) is 0 Å². The number of hydrogen-bond donors (Lipinski definition) is 1. The molecule has 0 radical (unpaired) electrons. The summed E-state index contributed by atoms with van der Waals surface area (Å²) in [5.74, 6) is 0.518. The molecule has 1 saturated carbocycles. The van der Waals surface area contributed by atoms with E-state index in [-0.39, 0.29) is 5.91 Å². The Balaban J connectivity index is 1.45. The molecule has 1 aromatic carbocycles. The molecule has 0 unspecified atom stereocenters. The van der Waals surface area contributed by atoms with Gasteiger partial charge in [0.2, 0.25) is 0 Å². The Morgan fingerprint density at radius 2 is 1.73 bits per heavy atom. The van der Waals surface area contributed by atoms with Gasteiger partial charge < -0.3 is 0 Å². The molecular weight excluding hydrogens is 370 g/mol. The van der Waals surface area contributed by atoms with E-state index in [1.165, 1.54) is 60.9 Å². The van der Waals surface area contributed by atoms with Gasteiger partial charge in [-0.05, 0) is 55.4 Å². The number of aliphatic imine (C=N–C) groups is 1. The van der Waals surface area contributed by atoms with Gasteiger partial charge in [-0.25, -0.2) is 5.01 Å². The molecule has 2 aliphatic heterocycles. The van der Waals surface area contributed by atoms with Gasteiger partial charge in [0.05, 0.1) is 11.4 Å². The van der Waals surface area contributed by atoms with Crippen LogP contribution >= 0.6 is 0 Å². The highest BCUT2D eigenvalue weighted by atomic mass is 16.2. The fourth-order valence-corrected chi connectivity index (χ4v) is 5.15. The van der Waals surface area contributed by atoms with Crippen molar-refractivity contribution in [2.75, 3.05) is 13.1 Å². The van der Waals surface area contributed by atoms with Crippen LogP contribution in [0.2, 0.25) is 0 Å². The minimum atomic E-state index is -0.000345. The molecule has 1 N–H and O–H groups in total. The van der Waals surface area contributed by atoms with E-state index in [1.54, 1.807) is 0 Å². The maximum absolute atomic E-state index is 12.9. The molecule has 0 bridgehead atoms. The summed E-state index contributed by atoms with van der Waals surface area (Å²) in [6.45, 7) is 1.89. The van der Waals surface area contributed by atoms with Crippen LogP contribution in [0.15, 0.2) is 58.3 Å². The summed E-state index contributed by atoms with van der Waals surface area (Å²) in [6, 6.07) is 8.65. The van der Waals surface area contributed by atoms with E-state index in [0.717, 1.165) is 43.6 Å². The van der Waals surface area contributed by atoms with Crippen molar-refractivity contribution in [2.45, 2.75) is 57.8 Å². The van der Waals surface area contributed by atoms with Gasteiger partial charge in [0, 0.05) is 30.1 Å². The van der Waals surface area contributed by atoms with E-state index in [4.69, 9.17) is 4.99 Å². The van der Waals surface area contributed by atoms with Crippen LogP contribution < -0.4 is 5.43 Å². The number of rotatable bonds is 3. The van der Waals surface area contributed by atoms with E-state index in [2.05, 4.69) is 46.9 Å². The Morgan fingerprint density at radius 3 is 2.57 bits per heavy atom. The van der Waals surface area contributed by atoms with E-state index in [1.807, 2.05) is 6.08 Å². The molecule has 0 aromatic heterocycles. The molecule has 2 heterocycles. The molecule has 2 fully saturated rings. The third-order valence-corrected chi connectivity index (χ3v) is 6.84. The maximum atomic E-state index is 12.9. The lowest BCUT2D eigenvalue weighted by Crippen LogP contribution is -2.45. The van der Waals surface area contributed by atoms with Crippen LogP contribution in [0, 0.1) is 5.92 Å². The van der Waals surface area contributed by atoms with Gasteiger partial charge in [-0.15, -0.1) is 0 Å². The maximum Gasteiger partial charge on any atom is 0.265 e. The van der Waals surface area contributed by atoms with Gasteiger partial charge in [0.25, 0.3) is 5.91 Å². The Labute approximate surface area is 179 Å². The number of nitrogens with one attached hydrogen (secondary N) is 1. The molecule has 2 aliphatic carbocycles. The van der Waals surface area contributed by atoms with Crippen LogP contribution in [0.4, 0.5) is 0 Å². The molecule has 4 nitrogen and oxygen atoms in total. The summed E-state index contributed by atoms with van der Waals surface area (Å²) in [7, 11) is 0. The predicted molar refractivity (Wildman–Crippen MR) is 122 cm³/mol. The van der Waals surface area contributed by atoms with Crippen molar-refractivity contribution in [3.05, 3.63) is 64.4 Å². The first-order valence-electron chi connectivity index (χ1n) is 11.6. The predicted octanol–water partition coefficient (Wildman–Crippen LogP) is 5.18. The van der Waals surface area contributed by atoms with Crippen LogP contribution in [0.1, 0.15) is 68.9 Å². The van der Waals surface area contributed by atoms with Crippen LogP contribution in [-0.4, -0.2) is 29.7 Å². The highest BCUT2D eigenvalue weighted by Gasteiger charge is 2.26. The van der Waals surface area contributed by atoms with Gasteiger partial charge in [0.1, 0.15) is 0 Å². The molecule has 0 spiro atoms. The summed E-state index contributed by atoms with van der Waals surface area (Å²) in [4.78, 5) is 18.1. The standard InChI is InChI=1S/C26H31N3O/c30-26(28-29-15-7-2-8-16-29)22-14-13-21-17-20-11-5-6-12-23(20)25(27-24(21)18-22)19-9-3-1-4-10-19/h5-6,11-12,14,17-19H,1-4,7-10,13,15-16H2,(H,28,30). The quantitative estimate of drug-likeness (QED) is 0.758. The third-order valence-electron chi connectivity index (χ3n) is 6.84. The first-order chi connectivity index (χ1) is 14.8. The van der Waals surface area contributed by atoms with Crippen molar-refractivity contribution >= 4 is 17.7 Å². The fraction of sp³-hybridized carbons (Fsp3) is 0.462. The average Bonchev–Trinajstić information content (AvgIpc) is 2.96. The summed E-state index contributed by atoms with van der Waals surface area (Å²) in [5, 5.41) is 2.07. The molecule has 156 valence electrons. The largest absolute Gasteiger partial charge is 0.285 e. The van der Waals surface area contributed by atoms with Crippen molar-refractivity contribution in [3.8, 4) is 0 Å². The van der Waals surface area contributed by atoms with E-state index in [9.17, 15) is 4.79 Å². The molecule has 1 saturated heterocycles. The van der Waals surface area contributed by atoms with Crippen molar-refractivity contribution in [1.82, 2.24) is 10.4 Å². The van der Waals surface area contributed by atoms with Gasteiger partial charge in [-0.3, -0.25) is 15.2 Å². The number of fused-ring (bicyclic) bond motifs is 2. The second kappa shape index (κ2) is 8.73. The summed E-state index contributed by atoms with van der Waals surface area (Å²) in [5.41, 5.74) is 9.78. The van der Waals surface area contributed by atoms with Crippen LogP contribution in [0.25, 0.3) is 6.08 Å². The van der Waals surface area contributed by atoms with Crippen LogP contribution in [0.5, 0.6) is 0 Å². The Bertz CT molecular complexity index is 941. The number of carbonyl (C=O) groups excluding carboxylic acids is 1. The minimum absolute atomic E-state index is 0.000345. The van der Waals surface area contributed by atoms with E-state index in [0.29, 0.717) is 5.92 Å². The molecule has 4 heteroatoms. The van der Waals surface area contributed by atoms with E-state index < -0.39 is 0 Å². The Hall–Kier alpha value is -2.46. The average molecular weight is 402 g/mol. The first kappa shape index (κ1) is 19.5. The number of hydrazine groups is 1. The Kier molecular flexibility index (Phi) is 5.67. The molecule has 5 rings (SSSR count). The van der Waals surface area contributed by atoms with Crippen molar-refractivity contribution in [3.63, 3.8) is 0 Å². The number of amides is 1. The fourth-order valence-electron chi connectivity index (χ4n) is 5.15. The molecule has 1 amide bonds. The highest BCUT2D eigenvalue weighted by molar-refractivity contribution is 6.07. The lowest BCUT2D eigenvalue weighted by molar-refractivity contribution is -0.122. The second-order valence-electron chi connectivity index (χ2n) is 8.97. The van der Waals surface area contributed by atoms with Gasteiger partial charge in [-0.2, -0.15) is 0 Å². The zero-order valence-corrected chi connectivity index (χ0v) is 17.7. The SMILES string of the molecule is O=C(NN1CCCCC1)C1=CCC2=Cc3ccccc3C(C3CCCCC3)=NC2=C1.